The Hall–Kier alpha value is -1.72. The lowest BCUT2D eigenvalue weighted by atomic mass is 10.2. The molecule has 0 bridgehead atoms. The zero-order valence-corrected chi connectivity index (χ0v) is 9.85. The van der Waals surface area contributed by atoms with Crippen LogP contribution in [0.25, 0.3) is 10.6 Å². The smallest absolute Gasteiger partial charge is 0.320 e. The van der Waals surface area contributed by atoms with Gasteiger partial charge in [-0.15, -0.1) is 11.3 Å². The van der Waals surface area contributed by atoms with Crippen molar-refractivity contribution in [2.45, 2.75) is 12.5 Å². The largest absolute Gasteiger partial charge is 0.480 e. The first-order valence-corrected chi connectivity index (χ1v) is 5.97. The molecule has 2 rings (SSSR count). The standard InChI is InChI=1S/C12H12N2O2S/c13-10(12(15)16)6-9-7-14-11(17-9)8-4-2-1-3-5-8/h1-5,7,10H,6,13H2,(H,15,16). The van der Waals surface area contributed by atoms with Crippen LogP contribution in [0.2, 0.25) is 0 Å². The van der Waals surface area contributed by atoms with Gasteiger partial charge >= 0.3 is 5.97 Å². The minimum atomic E-state index is -0.986. The van der Waals surface area contributed by atoms with Gasteiger partial charge in [-0.05, 0) is 0 Å². The average Bonchev–Trinajstić information content (AvgIpc) is 2.78. The Morgan fingerprint density at radius 1 is 1.41 bits per heavy atom. The number of benzene rings is 1. The zero-order chi connectivity index (χ0) is 12.3. The molecule has 1 unspecified atom stereocenters. The van der Waals surface area contributed by atoms with Crippen molar-refractivity contribution in [3.05, 3.63) is 41.4 Å². The lowest BCUT2D eigenvalue weighted by Crippen LogP contribution is -2.31. The minimum absolute atomic E-state index is 0.319. The molecule has 5 heteroatoms. The summed E-state index contributed by atoms with van der Waals surface area (Å²) in [5.41, 5.74) is 6.51. The van der Waals surface area contributed by atoms with Crippen molar-refractivity contribution in [1.82, 2.24) is 4.98 Å². The fourth-order valence-electron chi connectivity index (χ4n) is 1.42. The molecule has 88 valence electrons. The van der Waals surface area contributed by atoms with Gasteiger partial charge in [0.05, 0.1) is 0 Å². The number of hydrogen-bond acceptors (Lipinski definition) is 4. The molecule has 3 N–H and O–H groups in total. The fraction of sp³-hybridized carbons (Fsp3) is 0.167. The predicted molar refractivity (Wildman–Crippen MR) is 66.9 cm³/mol. The number of hydrogen-bond donors (Lipinski definition) is 2. The third-order valence-corrected chi connectivity index (χ3v) is 3.38. The number of aliphatic carboxylic acids is 1. The Morgan fingerprint density at radius 3 is 2.76 bits per heavy atom. The van der Waals surface area contributed by atoms with Crippen LogP contribution in [0.3, 0.4) is 0 Å². The van der Waals surface area contributed by atoms with Crippen LogP contribution in [0, 0.1) is 0 Å². The van der Waals surface area contributed by atoms with Crippen molar-refractivity contribution in [1.29, 1.82) is 0 Å². The molecule has 1 atom stereocenters. The summed E-state index contributed by atoms with van der Waals surface area (Å²) >= 11 is 1.48. The molecule has 0 radical (unpaired) electrons. The molecule has 1 aromatic carbocycles. The maximum absolute atomic E-state index is 10.6. The Balaban J connectivity index is 2.14. The van der Waals surface area contributed by atoms with Crippen molar-refractivity contribution in [2.24, 2.45) is 5.73 Å². The highest BCUT2D eigenvalue weighted by Gasteiger charge is 2.14. The van der Waals surface area contributed by atoms with Crippen LogP contribution in [0.5, 0.6) is 0 Å². The van der Waals surface area contributed by atoms with Gasteiger partial charge in [-0.3, -0.25) is 4.79 Å². The van der Waals surface area contributed by atoms with Crippen molar-refractivity contribution in [2.75, 3.05) is 0 Å². The lowest BCUT2D eigenvalue weighted by Gasteiger charge is -2.02. The summed E-state index contributed by atoms with van der Waals surface area (Å²) in [5, 5.41) is 9.61. The summed E-state index contributed by atoms with van der Waals surface area (Å²) in [4.78, 5) is 15.8. The second-order valence-electron chi connectivity index (χ2n) is 3.65. The van der Waals surface area contributed by atoms with Gasteiger partial charge in [0.1, 0.15) is 11.0 Å². The second-order valence-corrected chi connectivity index (χ2v) is 4.76. The maximum Gasteiger partial charge on any atom is 0.320 e. The van der Waals surface area contributed by atoms with E-state index in [1.807, 2.05) is 30.3 Å². The van der Waals surface area contributed by atoms with Gasteiger partial charge in [0.2, 0.25) is 0 Å². The number of rotatable bonds is 4. The molecule has 0 amide bonds. The Labute approximate surface area is 103 Å². The van der Waals surface area contributed by atoms with E-state index in [1.54, 1.807) is 6.20 Å². The second kappa shape index (κ2) is 5.07. The number of aromatic nitrogens is 1. The Kier molecular flexibility index (Phi) is 3.51. The van der Waals surface area contributed by atoms with Gasteiger partial charge in [0.25, 0.3) is 0 Å². The highest BCUT2D eigenvalue weighted by atomic mass is 32.1. The van der Waals surface area contributed by atoms with Gasteiger partial charge in [-0.25, -0.2) is 4.98 Å². The maximum atomic E-state index is 10.6. The van der Waals surface area contributed by atoms with Gasteiger partial charge in [-0.2, -0.15) is 0 Å². The summed E-state index contributed by atoms with van der Waals surface area (Å²) in [6.07, 6.45) is 2.01. The molecule has 0 saturated carbocycles. The van der Waals surface area contributed by atoms with Crippen molar-refractivity contribution in [3.8, 4) is 10.6 Å². The number of thiazole rings is 1. The number of carbonyl (C=O) groups is 1. The molecule has 1 aromatic heterocycles. The van der Waals surface area contributed by atoms with Crippen molar-refractivity contribution >= 4 is 17.3 Å². The highest BCUT2D eigenvalue weighted by Crippen LogP contribution is 2.25. The van der Waals surface area contributed by atoms with E-state index >= 15 is 0 Å². The van der Waals surface area contributed by atoms with Crippen molar-refractivity contribution in [3.63, 3.8) is 0 Å². The summed E-state index contributed by atoms with van der Waals surface area (Å²) in [6.45, 7) is 0. The molecular formula is C12H12N2O2S. The van der Waals surface area contributed by atoms with Gasteiger partial charge in [0, 0.05) is 23.1 Å². The minimum Gasteiger partial charge on any atom is -0.480 e. The van der Waals surface area contributed by atoms with E-state index in [0.717, 1.165) is 15.4 Å². The predicted octanol–water partition coefficient (Wildman–Crippen LogP) is 1.76. The van der Waals surface area contributed by atoms with Crippen LogP contribution >= 0.6 is 11.3 Å². The van der Waals surface area contributed by atoms with Crippen LogP contribution in [-0.2, 0) is 11.2 Å². The van der Waals surface area contributed by atoms with Gasteiger partial charge < -0.3 is 10.8 Å². The van der Waals surface area contributed by atoms with Crippen LogP contribution in [0.15, 0.2) is 36.5 Å². The summed E-state index contributed by atoms with van der Waals surface area (Å²) in [6, 6.07) is 8.91. The van der Waals surface area contributed by atoms with E-state index in [9.17, 15) is 4.79 Å². The molecule has 0 saturated heterocycles. The first-order valence-electron chi connectivity index (χ1n) is 5.15. The fourth-order valence-corrected chi connectivity index (χ4v) is 2.40. The van der Waals surface area contributed by atoms with Crippen LogP contribution in [0.4, 0.5) is 0 Å². The van der Waals surface area contributed by atoms with E-state index in [2.05, 4.69) is 4.98 Å². The quantitative estimate of drug-likeness (QED) is 0.864. The molecule has 4 nitrogen and oxygen atoms in total. The summed E-state index contributed by atoms with van der Waals surface area (Å²) < 4.78 is 0. The van der Waals surface area contributed by atoms with E-state index in [4.69, 9.17) is 10.8 Å². The van der Waals surface area contributed by atoms with Gasteiger partial charge in [-0.1, -0.05) is 30.3 Å². The first kappa shape index (κ1) is 11.8. The molecular weight excluding hydrogens is 236 g/mol. The number of nitrogens with zero attached hydrogens (tertiary/aromatic N) is 1. The normalized spacial score (nSPS) is 12.3. The topological polar surface area (TPSA) is 76.2 Å². The molecule has 0 aliphatic heterocycles. The Morgan fingerprint density at radius 2 is 2.12 bits per heavy atom. The monoisotopic (exact) mass is 248 g/mol. The summed E-state index contributed by atoms with van der Waals surface area (Å²) in [5.74, 6) is -0.986. The van der Waals surface area contributed by atoms with E-state index in [0.29, 0.717) is 6.42 Å². The van der Waals surface area contributed by atoms with Crippen LogP contribution in [0.1, 0.15) is 4.88 Å². The molecule has 17 heavy (non-hydrogen) atoms. The third kappa shape index (κ3) is 2.89. The molecule has 2 aromatic rings. The first-order chi connectivity index (χ1) is 8.16. The molecule has 0 spiro atoms. The number of nitrogens with two attached hydrogens (primary N) is 1. The SMILES string of the molecule is NC(Cc1cnc(-c2ccccc2)s1)C(=O)O. The summed E-state index contributed by atoms with van der Waals surface area (Å²) in [7, 11) is 0. The van der Waals surface area contributed by atoms with Crippen LogP contribution < -0.4 is 5.73 Å². The molecule has 0 aliphatic rings. The van der Waals surface area contributed by atoms with E-state index in [-0.39, 0.29) is 0 Å². The molecule has 1 heterocycles. The van der Waals surface area contributed by atoms with Crippen molar-refractivity contribution < 1.29 is 9.90 Å². The molecule has 0 aliphatic carbocycles. The average molecular weight is 248 g/mol. The van der Waals surface area contributed by atoms with E-state index in [1.165, 1.54) is 11.3 Å². The van der Waals surface area contributed by atoms with Crippen LogP contribution in [-0.4, -0.2) is 22.1 Å². The number of carboxylic acid groups (broad SMARTS) is 1. The zero-order valence-electron chi connectivity index (χ0n) is 9.04. The Bertz CT molecular complexity index is 510. The third-order valence-electron chi connectivity index (χ3n) is 2.31. The number of carboxylic acids is 1. The lowest BCUT2D eigenvalue weighted by molar-refractivity contribution is -0.138. The highest BCUT2D eigenvalue weighted by molar-refractivity contribution is 7.15. The van der Waals surface area contributed by atoms with E-state index < -0.39 is 12.0 Å². The van der Waals surface area contributed by atoms with Gasteiger partial charge in [0.15, 0.2) is 0 Å². The molecule has 0 fully saturated rings.